The number of sulfonamides is 1. The number of benzene rings is 4. The molecular formula is C33H26F4N2O3S. The SMILES string of the molecule is Cc1ccc(C(Cc2ccccc2)(NS(=O)(=O)c2ccc(Oc3ccc(F)cc3)cc2)c2cccc(C(F)(F)F)c2)nc1. The van der Waals surface area contributed by atoms with Crippen molar-refractivity contribution in [3.05, 3.63) is 155 Å². The molecule has 1 unspecified atom stereocenters. The number of ether oxygens (including phenoxy) is 1. The van der Waals surface area contributed by atoms with E-state index in [0.717, 1.165) is 17.7 Å². The maximum absolute atomic E-state index is 14.0. The highest BCUT2D eigenvalue weighted by atomic mass is 32.2. The molecular weight excluding hydrogens is 580 g/mol. The van der Waals surface area contributed by atoms with Crippen LogP contribution in [-0.4, -0.2) is 13.4 Å². The monoisotopic (exact) mass is 606 g/mol. The van der Waals surface area contributed by atoms with Crippen molar-refractivity contribution in [2.75, 3.05) is 0 Å². The number of hydrogen-bond acceptors (Lipinski definition) is 4. The predicted octanol–water partition coefficient (Wildman–Crippen LogP) is 7.81. The van der Waals surface area contributed by atoms with Crippen LogP contribution in [0.5, 0.6) is 11.5 Å². The molecule has 1 N–H and O–H groups in total. The quantitative estimate of drug-likeness (QED) is 0.174. The Labute approximate surface area is 246 Å². The molecule has 1 heterocycles. The number of nitrogens with zero attached hydrogens (tertiary/aromatic N) is 1. The molecule has 0 aliphatic carbocycles. The Morgan fingerprint density at radius 3 is 2.00 bits per heavy atom. The van der Waals surface area contributed by atoms with Gasteiger partial charge >= 0.3 is 6.18 Å². The van der Waals surface area contributed by atoms with E-state index in [9.17, 15) is 26.0 Å². The Bertz CT molecular complexity index is 1800. The molecule has 0 saturated heterocycles. The Morgan fingerprint density at radius 2 is 1.40 bits per heavy atom. The number of hydrogen-bond donors (Lipinski definition) is 1. The van der Waals surface area contributed by atoms with Gasteiger partial charge < -0.3 is 4.74 Å². The lowest BCUT2D eigenvalue weighted by molar-refractivity contribution is -0.137. The van der Waals surface area contributed by atoms with E-state index in [1.54, 1.807) is 55.6 Å². The zero-order valence-electron chi connectivity index (χ0n) is 22.8. The third kappa shape index (κ3) is 6.93. The molecule has 0 aliphatic heterocycles. The van der Waals surface area contributed by atoms with E-state index < -0.39 is 33.1 Å². The van der Waals surface area contributed by atoms with Crippen molar-refractivity contribution in [3.8, 4) is 11.5 Å². The van der Waals surface area contributed by atoms with Crippen LogP contribution >= 0.6 is 0 Å². The first-order valence-corrected chi connectivity index (χ1v) is 14.7. The fraction of sp³-hybridized carbons (Fsp3) is 0.121. The zero-order chi connectivity index (χ0) is 30.7. The van der Waals surface area contributed by atoms with Gasteiger partial charge in [-0.3, -0.25) is 4.98 Å². The highest BCUT2D eigenvalue weighted by molar-refractivity contribution is 7.89. The number of rotatable bonds is 9. The van der Waals surface area contributed by atoms with Crippen LogP contribution in [0.15, 0.2) is 126 Å². The van der Waals surface area contributed by atoms with E-state index in [4.69, 9.17) is 4.74 Å². The standard InChI is InChI=1S/C33H26F4N2O3S/c1-23-10-19-31(38-22-23)32(21-24-6-3-2-4-7-24,25-8-5-9-26(20-25)33(35,36)37)39-43(40,41)30-17-15-29(16-18-30)42-28-13-11-27(34)12-14-28/h2-20,22,39H,21H2,1H3. The molecule has 4 aromatic carbocycles. The number of halogens is 4. The molecule has 220 valence electrons. The smallest absolute Gasteiger partial charge is 0.416 e. The van der Waals surface area contributed by atoms with Gasteiger partial charge in [0.25, 0.3) is 0 Å². The lowest BCUT2D eigenvalue weighted by atomic mass is 9.81. The topological polar surface area (TPSA) is 68.3 Å². The van der Waals surface area contributed by atoms with E-state index in [1.807, 2.05) is 0 Å². The van der Waals surface area contributed by atoms with Crippen molar-refractivity contribution in [2.24, 2.45) is 0 Å². The first-order chi connectivity index (χ1) is 20.4. The molecule has 0 radical (unpaired) electrons. The summed E-state index contributed by atoms with van der Waals surface area (Å²) in [4.78, 5) is 4.36. The average molecular weight is 607 g/mol. The molecule has 10 heteroatoms. The van der Waals surface area contributed by atoms with Crippen LogP contribution in [0.2, 0.25) is 0 Å². The molecule has 0 bridgehead atoms. The summed E-state index contributed by atoms with van der Waals surface area (Å²) in [6.07, 6.45) is -3.15. The largest absolute Gasteiger partial charge is 0.457 e. The van der Waals surface area contributed by atoms with Crippen LogP contribution in [0, 0.1) is 12.7 Å². The number of nitrogens with one attached hydrogen (secondary N) is 1. The molecule has 0 fully saturated rings. The minimum atomic E-state index is -4.66. The van der Waals surface area contributed by atoms with Crippen molar-refractivity contribution in [1.29, 1.82) is 0 Å². The van der Waals surface area contributed by atoms with Crippen LogP contribution in [0.4, 0.5) is 17.6 Å². The van der Waals surface area contributed by atoms with Crippen LogP contribution in [0.1, 0.15) is 27.9 Å². The molecule has 0 spiro atoms. The van der Waals surface area contributed by atoms with Crippen LogP contribution < -0.4 is 9.46 Å². The Balaban J connectivity index is 1.61. The minimum Gasteiger partial charge on any atom is -0.457 e. The third-order valence-corrected chi connectivity index (χ3v) is 8.35. The Hall–Kier alpha value is -4.54. The average Bonchev–Trinajstić information content (AvgIpc) is 2.99. The van der Waals surface area contributed by atoms with Gasteiger partial charge in [-0.1, -0.05) is 48.5 Å². The summed E-state index contributed by atoms with van der Waals surface area (Å²) >= 11 is 0. The lowest BCUT2D eigenvalue weighted by Gasteiger charge is -2.35. The Kier molecular flexibility index (Phi) is 8.34. The van der Waals surface area contributed by atoms with E-state index >= 15 is 0 Å². The van der Waals surface area contributed by atoms with E-state index in [-0.39, 0.29) is 22.6 Å². The Morgan fingerprint density at radius 1 is 0.767 bits per heavy atom. The van der Waals surface area contributed by atoms with Gasteiger partial charge in [0.05, 0.1) is 16.2 Å². The van der Waals surface area contributed by atoms with Crippen molar-refractivity contribution in [3.63, 3.8) is 0 Å². The number of pyridine rings is 1. The normalized spacial score (nSPS) is 13.3. The van der Waals surface area contributed by atoms with E-state index in [0.29, 0.717) is 17.1 Å². The van der Waals surface area contributed by atoms with Crippen LogP contribution in [0.25, 0.3) is 0 Å². The molecule has 5 nitrogen and oxygen atoms in total. The highest BCUT2D eigenvalue weighted by Gasteiger charge is 2.42. The molecule has 0 amide bonds. The van der Waals surface area contributed by atoms with Gasteiger partial charge in [0.1, 0.15) is 22.9 Å². The number of aryl methyl sites for hydroxylation is 1. The summed E-state index contributed by atoms with van der Waals surface area (Å²) in [6, 6.07) is 27.7. The van der Waals surface area contributed by atoms with Crippen molar-refractivity contribution in [2.45, 2.75) is 30.0 Å². The molecule has 43 heavy (non-hydrogen) atoms. The van der Waals surface area contributed by atoms with E-state index in [1.165, 1.54) is 60.7 Å². The van der Waals surface area contributed by atoms with Gasteiger partial charge in [-0.25, -0.2) is 12.8 Å². The summed E-state index contributed by atoms with van der Waals surface area (Å²) in [5.41, 5.74) is -0.883. The molecule has 0 saturated carbocycles. The van der Waals surface area contributed by atoms with Crippen LogP contribution in [0.3, 0.4) is 0 Å². The van der Waals surface area contributed by atoms with Crippen molar-refractivity contribution < 1.29 is 30.7 Å². The second-order valence-corrected chi connectivity index (χ2v) is 11.7. The summed E-state index contributed by atoms with van der Waals surface area (Å²) in [5, 5.41) is 0. The maximum Gasteiger partial charge on any atom is 0.416 e. The predicted molar refractivity (Wildman–Crippen MR) is 155 cm³/mol. The zero-order valence-corrected chi connectivity index (χ0v) is 23.7. The molecule has 5 rings (SSSR count). The van der Waals surface area contributed by atoms with Crippen molar-refractivity contribution >= 4 is 10.0 Å². The van der Waals surface area contributed by atoms with Gasteiger partial charge in [-0.2, -0.15) is 17.9 Å². The number of alkyl halides is 3. The molecule has 0 aliphatic rings. The first kappa shape index (κ1) is 29.9. The fourth-order valence-corrected chi connectivity index (χ4v) is 6.05. The third-order valence-electron chi connectivity index (χ3n) is 6.84. The summed E-state index contributed by atoms with van der Waals surface area (Å²) in [5.74, 6) is 0.230. The lowest BCUT2D eigenvalue weighted by Crippen LogP contribution is -2.49. The highest BCUT2D eigenvalue weighted by Crippen LogP contribution is 2.38. The van der Waals surface area contributed by atoms with Gasteiger partial charge in [0.2, 0.25) is 10.0 Å². The van der Waals surface area contributed by atoms with E-state index in [2.05, 4.69) is 9.71 Å². The molecule has 1 aromatic heterocycles. The fourth-order valence-electron chi connectivity index (χ4n) is 4.68. The number of aromatic nitrogens is 1. The summed E-state index contributed by atoms with van der Waals surface area (Å²) < 4.78 is 91.3. The van der Waals surface area contributed by atoms with Gasteiger partial charge in [-0.05, 0) is 90.3 Å². The van der Waals surface area contributed by atoms with Gasteiger partial charge in [0, 0.05) is 12.6 Å². The second-order valence-electron chi connectivity index (χ2n) is 10.00. The first-order valence-electron chi connectivity index (χ1n) is 13.2. The molecule has 1 atom stereocenters. The van der Waals surface area contributed by atoms with Crippen molar-refractivity contribution in [1.82, 2.24) is 9.71 Å². The summed E-state index contributed by atoms with van der Waals surface area (Å²) in [7, 11) is -4.36. The van der Waals surface area contributed by atoms with Gasteiger partial charge in [-0.15, -0.1) is 0 Å². The van der Waals surface area contributed by atoms with Gasteiger partial charge in [0.15, 0.2) is 0 Å². The molecule has 5 aromatic rings. The second kappa shape index (κ2) is 12.0. The summed E-state index contributed by atoms with van der Waals surface area (Å²) in [6.45, 7) is 1.81. The van der Waals surface area contributed by atoms with Crippen LogP contribution in [-0.2, 0) is 28.2 Å². The minimum absolute atomic E-state index is 0.0315. The maximum atomic E-state index is 14.0.